The largest absolute Gasteiger partial charge is 0.279 e. The van der Waals surface area contributed by atoms with E-state index in [2.05, 4.69) is 15.2 Å². The van der Waals surface area contributed by atoms with Gasteiger partial charge in [0.15, 0.2) is 0 Å². The van der Waals surface area contributed by atoms with E-state index in [0.29, 0.717) is 11.3 Å². The minimum absolute atomic E-state index is 0.00129. The van der Waals surface area contributed by atoms with Crippen LogP contribution in [0.25, 0.3) is 0 Å². The smallest absolute Gasteiger partial charge is 0.270 e. The van der Waals surface area contributed by atoms with Crippen molar-refractivity contribution in [1.82, 2.24) is 0 Å². The Morgan fingerprint density at radius 2 is 1.81 bits per heavy atom. The van der Waals surface area contributed by atoms with E-state index in [9.17, 15) is 22.9 Å². The van der Waals surface area contributed by atoms with Gasteiger partial charge in [0, 0.05) is 17.7 Å². The average Bonchev–Trinajstić information content (AvgIpc) is 2.72. The fourth-order valence-electron chi connectivity index (χ4n) is 2.87. The molecule has 0 spiro atoms. The molecule has 32 heavy (non-hydrogen) atoms. The van der Waals surface area contributed by atoms with Crippen molar-refractivity contribution in [3.8, 4) is 0 Å². The van der Waals surface area contributed by atoms with Gasteiger partial charge < -0.3 is 0 Å². The third kappa shape index (κ3) is 5.21. The molecule has 2 N–H and O–H groups in total. The zero-order valence-corrected chi connectivity index (χ0v) is 18.5. The molecular weight excluding hydrogens is 459 g/mol. The lowest BCUT2D eigenvalue weighted by Crippen LogP contribution is -2.16. The van der Waals surface area contributed by atoms with Crippen LogP contribution in [0.2, 0.25) is 5.02 Å². The maximum absolute atomic E-state index is 13.9. The van der Waals surface area contributed by atoms with Gasteiger partial charge in [0.05, 0.1) is 27.5 Å². The third-order valence-corrected chi connectivity index (χ3v) is 6.21. The first-order chi connectivity index (χ1) is 15.1. The SMILES string of the molecule is Cc1ccc(NS(=O)(=O)c2cc([N+](=O)[O-])ccc2NN=Cc2c(F)cccc2Cl)c(C)c1. The van der Waals surface area contributed by atoms with Crippen molar-refractivity contribution >= 4 is 44.9 Å². The summed E-state index contributed by atoms with van der Waals surface area (Å²) in [6.45, 7) is 3.60. The molecule has 0 atom stereocenters. The summed E-state index contributed by atoms with van der Waals surface area (Å²) in [7, 11) is -4.24. The summed E-state index contributed by atoms with van der Waals surface area (Å²) in [5, 5.41) is 15.2. The number of nitrogens with zero attached hydrogens (tertiary/aromatic N) is 2. The molecule has 3 aromatic carbocycles. The highest BCUT2D eigenvalue weighted by molar-refractivity contribution is 7.92. The van der Waals surface area contributed by atoms with Gasteiger partial charge in [-0.25, -0.2) is 12.8 Å². The van der Waals surface area contributed by atoms with Crippen LogP contribution in [0.4, 0.5) is 21.5 Å². The summed E-state index contributed by atoms with van der Waals surface area (Å²) >= 11 is 5.95. The van der Waals surface area contributed by atoms with E-state index in [1.54, 1.807) is 25.1 Å². The normalized spacial score (nSPS) is 11.5. The van der Waals surface area contributed by atoms with Gasteiger partial charge in [0.1, 0.15) is 10.7 Å². The van der Waals surface area contributed by atoms with Gasteiger partial charge in [-0.3, -0.25) is 20.3 Å². The molecule has 0 aliphatic heterocycles. The van der Waals surface area contributed by atoms with Gasteiger partial charge >= 0.3 is 0 Å². The molecule has 0 saturated carbocycles. The lowest BCUT2D eigenvalue weighted by molar-refractivity contribution is -0.385. The van der Waals surface area contributed by atoms with Crippen LogP contribution < -0.4 is 10.1 Å². The van der Waals surface area contributed by atoms with Crippen molar-refractivity contribution < 1.29 is 17.7 Å². The molecule has 0 saturated heterocycles. The number of hydrogen-bond acceptors (Lipinski definition) is 6. The monoisotopic (exact) mass is 476 g/mol. The van der Waals surface area contributed by atoms with Crippen molar-refractivity contribution in [2.75, 3.05) is 10.1 Å². The number of hydrazone groups is 1. The Kier molecular flexibility index (Phi) is 6.75. The number of nitrogens with one attached hydrogen (secondary N) is 2. The quantitative estimate of drug-likeness (QED) is 0.274. The van der Waals surface area contributed by atoms with Crippen LogP contribution >= 0.6 is 11.6 Å². The Labute approximate surface area is 188 Å². The Bertz CT molecular complexity index is 1310. The van der Waals surface area contributed by atoms with E-state index in [1.165, 1.54) is 24.3 Å². The number of nitro benzene ring substituents is 1. The molecule has 0 fully saturated rings. The topological polar surface area (TPSA) is 114 Å². The average molecular weight is 477 g/mol. The summed E-state index contributed by atoms with van der Waals surface area (Å²) in [6, 6.07) is 12.5. The number of hydrogen-bond donors (Lipinski definition) is 2. The lowest BCUT2D eigenvalue weighted by atomic mass is 10.1. The van der Waals surface area contributed by atoms with E-state index in [4.69, 9.17) is 11.6 Å². The van der Waals surface area contributed by atoms with Crippen LogP contribution in [0.3, 0.4) is 0 Å². The number of benzene rings is 3. The second kappa shape index (κ2) is 9.33. The van der Waals surface area contributed by atoms with Crippen LogP contribution in [-0.2, 0) is 10.0 Å². The molecule has 0 radical (unpaired) electrons. The molecule has 0 amide bonds. The summed E-state index contributed by atoms with van der Waals surface area (Å²) < 4.78 is 42.5. The summed E-state index contributed by atoms with van der Waals surface area (Å²) in [4.78, 5) is 10.1. The zero-order chi connectivity index (χ0) is 23.5. The number of nitro groups is 1. The van der Waals surface area contributed by atoms with E-state index in [1.807, 2.05) is 6.92 Å². The predicted octanol–water partition coefficient (Wildman–Crippen LogP) is 5.25. The molecule has 0 aromatic heterocycles. The Balaban J connectivity index is 1.99. The summed E-state index contributed by atoms with van der Waals surface area (Å²) in [5.74, 6) is -0.615. The minimum Gasteiger partial charge on any atom is -0.279 e. The standard InChI is InChI=1S/C21H18ClFN4O4S/c1-13-6-8-19(14(2)10-13)26-32(30,31)21-11-15(27(28)29)7-9-20(21)25-24-12-16-17(22)4-3-5-18(16)23/h3-12,25-26H,1-2H3. The van der Waals surface area contributed by atoms with Crippen molar-refractivity contribution in [3.63, 3.8) is 0 Å². The van der Waals surface area contributed by atoms with Crippen molar-refractivity contribution in [2.24, 2.45) is 5.10 Å². The van der Waals surface area contributed by atoms with E-state index < -0.39 is 31.3 Å². The Morgan fingerprint density at radius 3 is 2.47 bits per heavy atom. The minimum atomic E-state index is -4.24. The van der Waals surface area contributed by atoms with E-state index in [0.717, 1.165) is 23.9 Å². The van der Waals surface area contributed by atoms with Crippen LogP contribution in [-0.4, -0.2) is 19.6 Å². The van der Waals surface area contributed by atoms with Crippen LogP contribution in [0, 0.1) is 29.8 Å². The second-order valence-corrected chi connectivity index (χ2v) is 8.92. The van der Waals surface area contributed by atoms with Gasteiger partial charge in [-0.2, -0.15) is 5.10 Å². The number of halogens is 2. The highest BCUT2D eigenvalue weighted by Crippen LogP contribution is 2.29. The molecule has 3 rings (SSSR count). The van der Waals surface area contributed by atoms with Gasteiger partial charge in [-0.05, 0) is 43.7 Å². The van der Waals surface area contributed by atoms with Crippen LogP contribution in [0.15, 0.2) is 64.6 Å². The fourth-order valence-corrected chi connectivity index (χ4v) is 4.39. The molecule has 0 unspecified atom stereocenters. The van der Waals surface area contributed by atoms with Gasteiger partial charge in [0.25, 0.3) is 15.7 Å². The molecule has 8 nitrogen and oxygen atoms in total. The maximum Gasteiger partial charge on any atom is 0.270 e. The van der Waals surface area contributed by atoms with Crippen molar-refractivity contribution in [3.05, 3.63) is 92.2 Å². The lowest BCUT2D eigenvalue weighted by Gasteiger charge is -2.14. The first-order valence-corrected chi connectivity index (χ1v) is 11.1. The molecule has 0 bridgehead atoms. The summed E-state index contributed by atoms with van der Waals surface area (Å²) in [5.41, 5.74) is 4.00. The Morgan fingerprint density at radius 1 is 1.09 bits per heavy atom. The predicted molar refractivity (Wildman–Crippen MR) is 122 cm³/mol. The first-order valence-electron chi connectivity index (χ1n) is 9.20. The zero-order valence-electron chi connectivity index (χ0n) is 17.0. The molecule has 11 heteroatoms. The Hall–Kier alpha value is -3.50. The molecule has 166 valence electrons. The van der Waals surface area contributed by atoms with Crippen molar-refractivity contribution in [1.29, 1.82) is 0 Å². The van der Waals surface area contributed by atoms with Gasteiger partial charge in [0.2, 0.25) is 0 Å². The highest BCUT2D eigenvalue weighted by atomic mass is 35.5. The number of sulfonamides is 1. The van der Waals surface area contributed by atoms with E-state index in [-0.39, 0.29) is 16.3 Å². The van der Waals surface area contributed by atoms with Gasteiger partial charge in [-0.15, -0.1) is 0 Å². The molecular formula is C21H18ClFN4O4S. The van der Waals surface area contributed by atoms with Crippen LogP contribution in [0.5, 0.6) is 0 Å². The maximum atomic E-state index is 13.9. The van der Waals surface area contributed by atoms with Gasteiger partial charge in [-0.1, -0.05) is 35.4 Å². The number of non-ortho nitro benzene ring substituents is 1. The van der Waals surface area contributed by atoms with Crippen LogP contribution in [0.1, 0.15) is 16.7 Å². The van der Waals surface area contributed by atoms with E-state index >= 15 is 0 Å². The van der Waals surface area contributed by atoms with Crippen molar-refractivity contribution in [2.45, 2.75) is 18.7 Å². The third-order valence-electron chi connectivity index (χ3n) is 4.47. The highest BCUT2D eigenvalue weighted by Gasteiger charge is 2.23. The fraction of sp³-hybridized carbons (Fsp3) is 0.0952. The number of anilines is 2. The number of rotatable bonds is 7. The first kappa shape index (κ1) is 23.2. The molecule has 3 aromatic rings. The summed E-state index contributed by atoms with van der Waals surface area (Å²) in [6.07, 6.45) is 1.09. The molecule has 0 heterocycles. The molecule has 0 aliphatic carbocycles. The number of aryl methyl sites for hydroxylation is 2. The second-order valence-electron chi connectivity index (χ2n) is 6.87. The molecule has 0 aliphatic rings.